The second kappa shape index (κ2) is 6.95. The first-order chi connectivity index (χ1) is 12.6. The molecule has 1 saturated heterocycles. The molecule has 134 valence electrons. The van der Waals surface area contributed by atoms with Crippen molar-refractivity contribution in [1.82, 2.24) is 15.0 Å². The van der Waals surface area contributed by atoms with Crippen molar-refractivity contribution in [2.75, 3.05) is 6.54 Å². The van der Waals surface area contributed by atoms with Gasteiger partial charge in [-0.3, -0.25) is 4.79 Å². The largest absolute Gasteiger partial charge is 0.337 e. The van der Waals surface area contributed by atoms with Crippen molar-refractivity contribution < 1.29 is 18.1 Å². The number of halogens is 2. The lowest BCUT2D eigenvalue weighted by atomic mass is 10.2. The maximum Gasteiger partial charge on any atom is 0.249 e. The molecule has 1 aliphatic heterocycles. The minimum atomic E-state index is -0.755. The fourth-order valence-corrected chi connectivity index (χ4v) is 3.81. The van der Waals surface area contributed by atoms with Gasteiger partial charge >= 0.3 is 0 Å². The molecule has 2 aromatic heterocycles. The van der Waals surface area contributed by atoms with Gasteiger partial charge in [0.25, 0.3) is 0 Å². The zero-order chi connectivity index (χ0) is 18.1. The van der Waals surface area contributed by atoms with Gasteiger partial charge in [-0.05, 0) is 47.4 Å². The number of thiophene rings is 1. The van der Waals surface area contributed by atoms with Crippen LogP contribution in [-0.2, 0) is 11.2 Å². The number of rotatable bonds is 4. The molecule has 1 aromatic carbocycles. The van der Waals surface area contributed by atoms with Crippen LogP contribution in [0.15, 0.2) is 39.5 Å². The van der Waals surface area contributed by atoms with Crippen LogP contribution < -0.4 is 0 Å². The standard InChI is InChI=1S/C18H15F2N3O2S/c19-12-3-4-13(14(20)9-12)17-21-18(25-22-17)15-2-1-6-23(15)16(24)8-11-5-7-26-10-11/h3-5,7,9-10,15H,1-2,6,8H2/t15-/m0/s1. The van der Waals surface area contributed by atoms with Gasteiger partial charge in [0.2, 0.25) is 17.6 Å². The highest BCUT2D eigenvalue weighted by Gasteiger charge is 2.34. The molecule has 3 aromatic rings. The van der Waals surface area contributed by atoms with E-state index in [0.29, 0.717) is 19.4 Å². The highest BCUT2D eigenvalue weighted by Crippen LogP contribution is 2.33. The molecule has 5 nitrogen and oxygen atoms in total. The Morgan fingerprint density at radius 3 is 3.00 bits per heavy atom. The first-order valence-corrected chi connectivity index (χ1v) is 9.15. The first kappa shape index (κ1) is 16.8. The van der Waals surface area contributed by atoms with Crippen LogP contribution >= 0.6 is 11.3 Å². The second-order valence-electron chi connectivity index (χ2n) is 6.13. The lowest BCUT2D eigenvalue weighted by Gasteiger charge is -2.21. The molecular formula is C18H15F2N3O2S. The average Bonchev–Trinajstić information content (AvgIpc) is 3.35. The van der Waals surface area contributed by atoms with Gasteiger partial charge < -0.3 is 9.42 Å². The molecule has 1 amide bonds. The molecule has 0 radical (unpaired) electrons. The second-order valence-corrected chi connectivity index (χ2v) is 6.91. The highest BCUT2D eigenvalue weighted by molar-refractivity contribution is 7.08. The predicted octanol–water partition coefficient (Wildman–Crippen LogP) is 3.98. The van der Waals surface area contributed by atoms with Crippen molar-refractivity contribution in [3.63, 3.8) is 0 Å². The van der Waals surface area contributed by atoms with E-state index in [4.69, 9.17) is 4.52 Å². The van der Waals surface area contributed by atoms with Crippen LogP contribution in [0.2, 0.25) is 0 Å². The van der Waals surface area contributed by atoms with E-state index in [1.165, 1.54) is 6.07 Å². The van der Waals surface area contributed by atoms with Crippen LogP contribution in [-0.4, -0.2) is 27.5 Å². The van der Waals surface area contributed by atoms with Crippen molar-refractivity contribution in [2.45, 2.75) is 25.3 Å². The third kappa shape index (κ3) is 3.24. The summed E-state index contributed by atoms with van der Waals surface area (Å²) in [6.45, 7) is 0.621. The Bertz CT molecular complexity index is 926. The van der Waals surface area contributed by atoms with Crippen molar-refractivity contribution in [2.24, 2.45) is 0 Å². The third-order valence-corrected chi connectivity index (χ3v) is 5.14. The number of benzene rings is 1. The van der Waals surface area contributed by atoms with E-state index in [2.05, 4.69) is 10.1 Å². The molecule has 0 spiro atoms. The minimum Gasteiger partial charge on any atom is -0.337 e. The van der Waals surface area contributed by atoms with Crippen molar-refractivity contribution in [3.8, 4) is 11.4 Å². The van der Waals surface area contributed by atoms with E-state index in [-0.39, 0.29) is 29.2 Å². The van der Waals surface area contributed by atoms with E-state index in [1.54, 1.807) is 16.2 Å². The zero-order valence-electron chi connectivity index (χ0n) is 13.7. The van der Waals surface area contributed by atoms with Crippen LogP contribution in [0, 0.1) is 11.6 Å². The van der Waals surface area contributed by atoms with Crippen molar-refractivity contribution in [3.05, 3.63) is 58.1 Å². The molecular weight excluding hydrogens is 360 g/mol. The van der Waals surface area contributed by atoms with Crippen LogP contribution in [0.3, 0.4) is 0 Å². The molecule has 1 aliphatic rings. The van der Waals surface area contributed by atoms with Gasteiger partial charge in [0.15, 0.2) is 0 Å². The Morgan fingerprint density at radius 1 is 1.35 bits per heavy atom. The number of carbonyl (C=O) groups excluding carboxylic acids is 1. The Kier molecular flexibility index (Phi) is 4.50. The molecule has 0 bridgehead atoms. The van der Waals surface area contributed by atoms with Gasteiger partial charge in [0.1, 0.15) is 17.7 Å². The molecule has 4 rings (SSSR count). The fourth-order valence-electron chi connectivity index (χ4n) is 3.14. The number of carbonyl (C=O) groups is 1. The molecule has 1 atom stereocenters. The van der Waals surface area contributed by atoms with E-state index < -0.39 is 11.6 Å². The Labute approximate surface area is 152 Å². The monoisotopic (exact) mass is 375 g/mol. The predicted molar refractivity (Wildman–Crippen MR) is 91.4 cm³/mol. The smallest absolute Gasteiger partial charge is 0.249 e. The summed E-state index contributed by atoms with van der Waals surface area (Å²) in [4.78, 5) is 18.6. The minimum absolute atomic E-state index is 0.00128. The molecule has 26 heavy (non-hydrogen) atoms. The van der Waals surface area contributed by atoms with E-state index in [9.17, 15) is 13.6 Å². The molecule has 3 heterocycles. The van der Waals surface area contributed by atoms with Crippen LogP contribution in [0.5, 0.6) is 0 Å². The third-order valence-electron chi connectivity index (χ3n) is 4.41. The first-order valence-electron chi connectivity index (χ1n) is 8.21. The fraction of sp³-hybridized carbons (Fsp3) is 0.278. The van der Waals surface area contributed by atoms with Gasteiger partial charge in [-0.2, -0.15) is 16.3 Å². The number of aromatic nitrogens is 2. The number of hydrogen-bond acceptors (Lipinski definition) is 5. The summed E-state index contributed by atoms with van der Waals surface area (Å²) < 4.78 is 32.3. The summed E-state index contributed by atoms with van der Waals surface area (Å²) in [6, 6.07) is 4.80. The molecule has 8 heteroatoms. The zero-order valence-corrected chi connectivity index (χ0v) is 14.5. The summed E-state index contributed by atoms with van der Waals surface area (Å²) in [5.41, 5.74) is 1.04. The van der Waals surface area contributed by atoms with Gasteiger partial charge in [0.05, 0.1) is 12.0 Å². The van der Waals surface area contributed by atoms with Crippen LogP contribution in [0.1, 0.15) is 30.3 Å². The van der Waals surface area contributed by atoms with E-state index in [1.807, 2.05) is 16.8 Å². The number of nitrogens with zero attached hydrogens (tertiary/aromatic N) is 3. The lowest BCUT2D eigenvalue weighted by Crippen LogP contribution is -2.31. The Balaban J connectivity index is 1.55. The molecule has 0 aliphatic carbocycles. The van der Waals surface area contributed by atoms with Crippen LogP contribution in [0.25, 0.3) is 11.4 Å². The SMILES string of the molecule is O=C(Cc1ccsc1)N1CCC[C@H]1c1nc(-c2ccc(F)cc2F)no1. The Morgan fingerprint density at radius 2 is 2.23 bits per heavy atom. The number of hydrogen-bond donors (Lipinski definition) is 0. The quantitative estimate of drug-likeness (QED) is 0.692. The van der Waals surface area contributed by atoms with Gasteiger partial charge in [-0.25, -0.2) is 8.78 Å². The molecule has 0 unspecified atom stereocenters. The maximum absolute atomic E-state index is 13.9. The van der Waals surface area contributed by atoms with Crippen molar-refractivity contribution >= 4 is 17.2 Å². The maximum atomic E-state index is 13.9. The lowest BCUT2D eigenvalue weighted by molar-refractivity contribution is -0.131. The van der Waals surface area contributed by atoms with E-state index >= 15 is 0 Å². The molecule has 0 saturated carbocycles. The summed E-state index contributed by atoms with van der Waals surface area (Å²) >= 11 is 1.55. The summed E-state index contributed by atoms with van der Waals surface area (Å²) in [6.07, 6.45) is 1.87. The molecule has 0 N–H and O–H groups in total. The van der Waals surface area contributed by atoms with Gasteiger partial charge in [0, 0.05) is 12.6 Å². The van der Waals surface area contributed by atoms with E-state index in [0.717, 1.165) is 24.1 Å². The number of likely N-dealkylation sites (tertiary alicyclic amines) is 1. The highest BCUT2D eigenvalue weighted by atomic mass is 32.1. The van der Waals surface area contributed by atoms with Gasteiger partial charge in [-0.1, -0.05) is 5.16 Å². The normalized spacial score (nSPS) is 17.0. The van der Waals surface area contributed by atoms with Gasteiger partial charge in [-0.15, -0.1) is 0 Å². The summed E-state index contributed by atoms with van der Waals surface area (Å²) in [5, 5.41) is 7.69. The molecule has 1 fully saturated rings. The summed E-state index contributed by atoms with van der Waals surface area (Å²) in [7, 11) is 0. The number of amides is 1. The Hall–Kier alpha value is -2.61. The van der Waals surface area contributed by atoms with Crippen molar-refractivity contribution in [1.29, 1.82) is 0 Å². The summed E-state index contributed by atoms with van der Waals surface area (Å²) in [5.74, 6) is -1.10. The average molecular weight is 375 g/mol. The van der Waals surface area contributed by atoms with Crippen LogP contribution in [0.4, 0.5) is 8.78 Å². The topological polar surface area (TPSA) is 59.2 Å².